The third-order valence-corrected chi connectivity index (χ3v) is 7.15. The predicted octanol–water partition coefficient (Wildman–Crippen LogP) is 3.51. The maximum Gasteiger partial charge on any atom is 0.211 e. The zero-order valence-electron chi connectivity index (χ0n) is 16.5. The minimum Gasteiger partial charge on any atom is -0.370 e. The first-order chi connectivity index (χ1) is 14.2. The summed E-state index contributed by atoms with van der Waals surface area (Å²) in [6.07, 6.45) is 4.78. The Balaban J connectivity index is 1.72. The summed E-state index contributed by atoms with van der Waals surface area (Å²) >= 11 is 0. The number of sulfonamides is 1. The number of nitrogens with zero attached hydrogens (tertiary/aromatic N) is 3. The van der Waals surface area contributed by atoms with Gasteiger partial charge in [-0.15, -0.1) is 0 Å². The number of hydrogen-bond donors (Lipinski definition) is 1. The average molecular weight is 430 g/mol. The summed E-state index contributed by atoms with van der Waals surface area (Å²) in [5, 5.41) is 0.646. The zero-order valence-corrected chi connectivity index (χ0v) is 17.4. The molecule has 0 saturated carbocycles. The lowest BCUT2D eigenvalue weighted by molar-refractivity contribution is 0.445. The monoisotopic (exact) mass is 430 g/mol. The molecule has 0 bridgehead atoms. The van der Waals surface area contributed by atoms with Crippen LogP contribution in [0.3, 0.4) is 0 Å². The van der Waals surface area contributed by atoms with Crippen LogP contribution < -0.4 is 4.90 Å². The molecule has 5 rings (SSSR count). The molecule has 0 spiro atoms. The number of anilines is 1. The number of hydrogen-bond acceptors (Lipinski definition) is 4. The van der Waals surface area contributed by atoms with E-state index < -0.39 is 21.7 Å². The molecule has 9 heteroatoms. The third kappa shape index (κ3) is 2.92. The van der Waals surface area contributed by atoms with Crippen molar-refractivity contribution in [1.82, 2.24) is 14.3 Å². The van der Waals surface area contributed by atoms with Gasteiger partial charge in [0, 0.05) is 60.1 Å². The molecule has 0 unspecified atom stereocenters. The van der Waals surface area contributed by atoms with E-state index in [1.165, 1.54) is 22.7 Å². The number of rotatable bonds is 2. The van der Waals surface area contributed by atoms with Crippen LogP contribution >= 0.6 is 0 Å². The van der Waals surface area contributed by atoms with E-state index >= 15 is 0 Å². The van der Waals surface area contributed by atoms with Gasteiger partial charge in [0.1, 0.15) is 17.3 Å². The minimum absolute atomic E-state index is 0.291. The molecule has 2 aliphatic heterocycles. The molecule has 6 nitrogen and oxygen atoms in total. The van der Waals surface area contributed by atoms with Gasteiger partial charge in [0.2, 0.25) is 10.0 Å². The average Bonchev–Trinajstić information content (AvgIpc) is 2.99. The second-order valence-electron chi connectivity index (χ2n) is 7.80. The first-order valence-electron chi connectivity index (χ1n) is 9.58. The first-order valence-corrected chi connectivity index (χ1v) is 11.4. The summed E-state index contributed by atoms with van der Waals surface area (Å²) in [5.41, 5.74) is 4.79. The van der Waals surface area contributed by atoms with Gasteiger partial charge in [-0.2, -0.15) is 4.31 Å². The summed E-state index contributed by atoms with van der Waals surface area (Å²) in [7, 11) is -1.37. The molecule has 2 aromatic heterocycles. The van der Waals surface area contributed by atoms with Crippen LogP contribution in [0.4, 0.5) is 14.5 Å². The highest BCUT2D eigenvalue weighted by molar-refractivity contribution is 7.88. The Labute approximate surface area is 172 Å². The van der Waals surface area contributed by atoms with Crippen LogP contribution in [0.1, 0.15) is 17.7 Å². The number of pyridine rings is 1. The van der Waals surface area contributed by atoms with Crippen LogP contribution in [0.25, 0.3) is 27.7 Å². The Morgan fingerprint density at radius 2 is 2.03 bits per heavy atom. The summed E-state index contributed by atoms with van der Waals surface area (Å²) in [6, 6.07) is 4.39. The highest BCUT2D eigenvalue weighted by Crippen LogP contribution is 2.44. The number of aromatic nitrogens is 2. The van der Waals surface area contributed by atoms with Crippen molar-refractivity contribution in [3.63, 3.8) is 0 Å². The quantitative estimate of drug-likeness (QED) is 0.676. The van der Waals surface area contributed by atoms with Crippen molar-refractivity contribution in [2.75, 3.05) is 31.3 Å². The molecule has 1 aromatic carbocycles. The molecule has 30 heavy (non-hydrogen) atoms. The van der Waals surface area contributed by atoms with E-state index in [1.807, 2.05) is 18.0 Å². The molecule has 0 atom stereocenters. The van der Waals surface area contributed by atoms with Gasteiger partial charge in [-0.05, 0) is 30.2 Å². The second kappa shape index (κ2) is 6.61. The molecule has 0 saturated heterocycles. The van der Waals surface area contributed by atoms with E-state index in [-0.39, 0.29) is 0 Å². The zero-order chi connectivity index (χ0) is 21.2. The second-order valence-corrected chi connectivity index (χ2v) is 9.78. The first kappa shape index (κ1) is 19.2. The maximum atomic E-state index is 15.0. The topological polar surface area (TPSA) is 69.3 Å². The summed E-state index contributed by atoms with van der Waals surface area (Å²) in [4.78, 5) is 9.51. The van der Waals surface area contributed by atoms with Gasteiger partial charge < -0.3 is 9.88 Å². The molecule has 2 aliphatic rings. The van der Waals surface area contributed by atoms with Crippen molar-refractivity contribution in [2.24, 2.45) is 0 Å². The highest BCUT2D eigenvalue weighted by atomic mass is 32.2. The lowest BCUT2D eigenvalue weighted by Gasteiger charge is -2.25. The fourth-order valence-electron chi connectivity index (χ4n) is 4.43. The summed E-state index contributed by atoms with van der Waals surface area (Å²) < 4.78 is 54.1. The SMILES string of the molecule is CN1Cc2c(C3=CCN(S(C)(=O)=O)CC3)[nH]c3ncc(F)c(c23)-c2cc(F)ccc21. The van der Waals surface area contributed by atoms with Crippen LogP contribution in [0, 0.1) is 11.6 Å². The van der Waals surface area contributed by atoms with Gasteiger partial charge >= 0.3 is 0 Å². The molecule has 156 valence electrons. The van der Waals surface area contributed by atoms with Crippen molar-refractivity contribution >= 4 is 32.3 Å². The molecule has 4 heterocycles. The van der Waals surface area contributed by atoms with E-state index in [0.717, 1.165) is 28.7 Å². The van der Waals surface area contributed by atoms with Gasteiger partial charge in [0.25, 0.3) is 0 Å². The summed E-state index contributed by atoms with van der Waals surface area (Å²) in [5.74, 6) is -0.932. The van der Waals surface area contributed by atoms with E-state index in [1.54, 1.807) is 6.07 Å². The van der Waals surface area contributed by atoms with Crippen molar-refractivity contribution in [3.8, 4) is 11.1 Å². The molecule has 3 aromatic rings. The number of benzene rings is 1. The number of aromatic amines is 1. The Kier molecular flexibility index (Phi) is 4.23. The van der Waals surface area contributed by atoms with E-state index in [9.17, 15) is 17.2 Å². The Hall–Kier alpha value is -2.78. The van der Waals surface area contributed by atoms with Crippen LogP contribution in [0.15, 0.2) is 30.5 Å². The van der Waals surface area contributed by atoms with Crippen molar-refractivity contribution < 1.29 is 17.2 Å². The minimum atomic E-state index is -3.26. The van der Waals surface area contributed by atoms with Crippen LogP contribution in [-0.4, -0.2) is 49.1 Å². The van der Waals surface area contributed by atoms with Crippen LogP contribution in [0.2, 0.25) is 0 Å². The molecular weight excluding hydrogens is 410 g/mol. The molecular formula is C21H20F2N4O2S. The van der Waals surface area contributed by atoms with Gasteiger partial charge in [0.15, 0.2) is 0 Å². The Bertz CT molecular complexity index is 1330. The Morgan fingerprint density at radius 1 is 1.23 bits per heavy atom. The van der Waals surface area contributed by atoms with Gasteiger partial charge in [-0.3, -0.25) is 0 Å². The summed E-state index contributed by atoms with van der Waals surface area (Å²) in [6.45, 7) is 1.16. The lowest BCUT2D eigenvalue weighted by Crippen LogP contribution is -2.33. The van der Waals surface area contributed by atoms with Gasteiger partial charge in [-0.1, -0.05) is 6.08 Å². The fraction of sp³-hybridized carbons (Fsp3) is 0.286. The normalized spacial score (nSPS) is 17.1. The van der Waals surface area contributed by atoms with Crippen molar-refractivity contribution in [2.45, 2.75) is 13.0 Å². The molecule has 0 aliphatic carbocycles. The molecule has 0 radical (unpaired) electrons. The van der Waals surface area contributed by atoms with Crippen LogP contribution in [0.5, 0.6) is 0 Å². The standard InChI is InChI=1S/C21H20F2N4O2S/c1-26-11-15-19-18(14-9-13(22)3-4-17(14)26)16(23)10-24-21(19)25-20(15)12-5-7-27(8-6-12)30(2,28)29/h3-5,9-10H,6-8,11H2,1-2H3,(H,24,25). The fourth-order valence-corrected chi connectivity index (χ4v) is 5.20. The lowest BCUT2D eigenvalue weighted by atomic mass is 9.97. The largest absolute Gasteiger partial charge is 0.370 e. The maximum absolute atomic E-state index is 15.0. The third-order valence-electron chi connectivity index (χ3n) is 5.88. The number of nitrogens with one attached hydrogen (secondary N) is 1. The van der Waals surface area contributed by atoms with E-state index in [2.05, 4.69) is 9.97 Å². The van der Waals surface area contributed by atoms with E-state index in [4.69, 9.17) is 0 Å². The predicted molar refractivity (Wildman–Crippen MR) is 113 cm³/mol. The number of H-pyrrole nitrogens is 1. The highest BCUT2D eigenvalue weighted by Gasteiger charge is 2.29. The molecule has 1 N–H and O–H groups in total. The number of fused-ring (bicyclic) bond motifs is 2. The number of halogens is 2. The van der Waals surface area contributed by atoms with E-state index in [0.29, 0.717) is 48.2 Å². The van der Waals surface area contributed by atoms with Crippen molar-refractivity contribution in [1.29, 1.82) is 0 Å². The van der Waals surface area contributed by atoms with Crippen LogP contribution in [-0.2, 0) is 16.6 Å². The molecule has 0 amide bonds. The molecule has 0 fully saturated rings. The van der Waals surface area contributed by atoms with Crippen molar-refractivity contribution in [3.05, 3.63) is 53.4 Å². The smallest absolute Gasteiger partial charge is 0.211 e. The Morgan fingerprint density at radius 3 is 2.73 bits per heavy atom. The van der Waals surface area contributed by atoms with Gasteiger partial charge in [-0.25, -0.2) is 22.2 Å². The van der Waals surface area contributed by atoms with Gasteiger partial charge in [0.05, 0.1) is 12.5 Å².